The molecule has 16 heavy (non-hydrogen) atoms. The van der Waals surface area contributed by atoms with Gasteiger partial charge in [0.15, 0.2) is 0 Å². The van der Waals surface area contributed by atoms with E-state index in [1.807, 2.05) is 6.07 Å². The molecule has 0 nitrogen and oxygen atoms in total. The molecule has 0 heterocycles. The van der Waals surface area contributed by atoms with E-state index in [1.165, 1.54) is 22.3 Å². The van der Waals surface area contributed by atoms with E-state index in [1.54, 1.807) is 0 Å². The molecular weight excluding hydrogens is 260 g/mol. The molecule has 0 aliphatic heterocycles. The predicted octanol–water partition coefficient (Wildman–Crippen LogP) is 4.79. The maximum atomic E-state index is 3.80. The molecule has 0 radical (unpaired) electrons. The van der Waals surface area contributed by atoms with E-state index in [-0.39, 0.29) is 4.83 Å². The standard InChI is InChI=1S/C15H15Br/c1-11-7-6-8-12(2)14(11)15(16)13-9-4-3-5-10-13/h3-10,15H,1-2H3. The van der Waals surface area contributed by atoms with Crippen LogP contribution in [-0.4, -0.2) is 0 Å². The van der Waals surface area contributed by atoms with Crippen LogP contribution in [0.5, 0.6) is 0 Å². The molecule has 0 spiro atoms. The van der Waals surface area contributed by atoms with Gasteiger partial charge >= 0.3 is 0 Å². The number of halogens is 1. The third-order valence-electron chi connectivity index (χ3n) is 2.89. The van der Waals surface area contributed by atoms with Crippen LogP contribution < -0.4 is 0 Å². The highest BCUT2D eigenvalue weighted by atomic mass is 79.9. The second kappa shape index (κ2) is 4.84. The summed E-state index contributed by atoms with van der Waals surface area (Å²) in [6.45, 7) is 4.33. The fourth-order valence-corrected chi connectivity index (χ4v) is 3.04. The van der Waals surface area contributed by atoms with Gasteiger partial charge in [0.1, 0.15) is 0 Å². The first-order valence-corrected chi connectivity index (χ1v) is 6.37. The van der Waals surface area contributed by atoms with Crippen LogP contribution in [0.1, 0.15) is 27.1 Å². The van der Waals surface area contributed by atoms with Crippen LogP contribution in [0, 0.1) is 13.8 Å². The number of hydrogen-bond acceptors (Lipinski definition) is 0. The minimum atomic E-state index is 0.287. The second-order valence-corrected chi connectivity index (χ2v) is 4.99. The van der Waals surface area contributed by atoms with Crippen molar-refractivity contribution in [3.8, 4) is 0 Å². The van der Waals surface area contributed by atoms with Crippen molar-refractivity contribution in [2.24, 2.45) is 0 Å². The minimum absolute atomic E-state index is 0.287. The Hall–Kier alpha value is -1.08. The summed E-state index contributed by atoms with van der Waals surface area (Å²) in [5, 5.41) is 0. The maximum Gasteiger partial charge on any atom is 0.0649 e. The Morgan fingerprint density at radius 3 is 1.94 bits per heavy atom. The Labute approximate surface area is 105 Å². The molecule has 0 saturated carbocycles. The van der Waals surface area contributed by atoms with Crippen LogP contribution >= 0.6 is 15.9 Å². The molecule has 1 atom stereocenters. The van der Waals surface area contributed by atoms with Gasteiger partial charge in [0.25, 0.3) is 0 Å². The van der Waals surface area contributed by atoms with Crippen LogP contribution in [0.4, 0.5) is 0 Å². The van der Waals surface area contributed by atoms with Crippen LogP contribution in [0.2, 0.25) is 0 Å². The molecular formula is C15H15Br. The van der Waals surface area contributed by atoms with E-state index in [9.17, 15) is 0 Å². The Kier molecular flexibility index (Phi) is 3.45. The van der Waals surface area contributed by atoms with Crippen LogP contribution in [0.3, 0.4) is 0 Å². The van der Waals surface area contributed by atoms with Gasteiger partial charge in [-0.25, -0.2) is 0 Å². The fraction of sp³-hybridized carbons (Fsp3) is 0.200. The van der Waals surface area contributed by atoms with Crippen LogP contribution in [0.15, 0.2) is 48.5 Å². The van der Waals surface area contributed by atoms with Crippen molar-refractivity contribution in [2.45, 2.75) is 18.7 Å². The van der Waals surface area contributed by atoms with E-state index in [0.717, 1.165) is 0 Å². The highest BCUT2D eigenvalue weighted by Crippen LogP contribution is 2.34. The molecule has 0 bridgehead atoms. The van der Waals surface area contributed by atoms with Crippen molar-refractivity contribution in [3.05, 3.63) is 70.8 Å². The minimum Gasteiger partial charge on any atom is -0.0786 e. The van der Waals surface area contributed by atoms with Crippen LogP contribution in [0.25, 0.3) is 0 Å². The SMILES string of the molecule is Cc1cccc(C)c1C(Br)c1ccccc1. The van der Waals surface area contributed by atoms with Gasteiger partial charge in [-0.05, 0) is 36.1 Å². The summed E-state index contributed by atoms with van der Waals surface area (Å²) in [5.74, 6) is 0. The molecule has 82 valence electrons. The zero-order valence-electron chi connectivity index (χ0n) is 9.57. The monoisotopic (exact) mass is 274 g/mol. The fourth-order valence-electron chi connectivity index (χ4n) is 2.02. The first-order valence-electron chi connectivity index (χ1n) is 5.45. The molecule has 0 aliphatic rings. The van der Waals surface area contributed by atoms with Crippen molar-refractivity contribution in [1.29, 1.82) is 0 Å². The van der Waals surface area contributed by atoms with Gasteiger partial charge in [-0.3, -0.25) is 0 Å². The lowest BCUT2D eigenvalue weighted by atomic mass is 9.96. The molecule has 0 N–H and O–H groups in total. The zero-order valence-corrected chi connectivity index (χ0v) is 11.2. The maximum absolute atomic E-state index is 3.80. The highest BCUT2D eigenvalue weighted by Gasteiger charge is 2.14. The van der Waals surface area contributed by atoms with Crippen molar-refractivity contribution in [1.82, 2.24) is 0 Å². The smallest absolute Gasteiger partial charge is 0.0649 e. The quantitative estimate of drug-likeness (QED) is 0.691. The van der Waals surface area contributed by atoms with E-state index in [2.05, 4.69) is 72.2 Å². The van der Waals surface area contributed by atoms with Crippen molar-refractivity contribution in [3.63, 3.8) is 0 Å². The average molecular weight is 275 g/mol. The molecule has 0 aromatic heterocycles. The summed E-state index contributed by atoms with van der Waals surface area (Å²) in [7, 11) is 0. The topological polar surface area (TPSA) is 0 Å². The lowest BCUT2D eigenvalue weighted by Gasteiger charge is -2.16. The van der Waals surface area contributed by atoms with E-state index in [4.69, 9.17) is 0 Å². The Bertz CT molecular complexity index is 454. The molecule has 2 aromatic rings. The van der Waals surface area contributed by atoms with Crippen molar-refractivity contribution in [2.75, 3.05) is 0 Å². The normalized spacial score (nSPS) is 12.4. The van der Waals surface area contributed by atoms with Gasteiger partial charge < -0.3 is 0 Å². The summed E-state index contributed by atoms with van der Waals surface area (Å²) < 4.78 is 0. The first-order chi connectivity index (χ1) is 7.70. The van der Waals surface area contributed by atoms with Gasteiger partial charge in [-0.2, -0.15) is 0 Å². The zero-order chi connectivity index (χ0) is 11.5. The molecule has 0 fully saturated rings. The molecule has 1 unspecified atom stereocenters. The lowest BCUT2D eigenvalue weighted by Crippen LogP contribution is -1.98. The molecule has 2 rings (SSSR count). The van der Waals surface area contributed by atoms with Gasteiger partial charge in [0.2, 0.25) is 0 Å². The number of hydrogen-bond donors (Lipinski definition) is 0. The molecule has 0 aliphatic carbocycles. The van der Waals surface area contributed by atoms with Gasteiger partial charge in [0, 0.05) is 0 Å². The van der Waals surface area contributed by atoms with Crippen molar-refractivity contribution >= 4 is 15.9 Å². The molecule has 2 aromatic carbocycles. The predicted molar refractivity (Wildman–Crippen MR) is 73.1 cm³/mol. The Morgan fingerprint density at radius 1 is 0.812 bits per heavy atom. The molecule has 0 saturated heterocycles. The summed E-state index contributed by atoms with van der Waals surface area (Å²) in [6.07, 6.45) is 0. The van der Waals surface area contributed by atoms with Gasteiger partial charge in [0.05, 0.1) is 4.83 Å². The molecule has 1 heteroatoms. The Morgan fingerprint density at radius 2 is 1.38 bits per heavy atom. The van der Waals surface area contributed by atoms with E-state index >= 15 is 0 Å². The number of aryl methyl sites for hydroxylation is 2. The van der Waals surface area contributed by atoms with Crippen LogP contribution in [-0.2, 0) is 0 Å². The highest BCUT2D eigenvalue weighted by molar-refractivity contribution is 9.09. The number of rotatable bonds is 2. The summed E-state index contributed by atoms with van der Waals surface area (Å²) in [4.78, 5) is 0.287. The molecule has 0 amide bonds. The third-order valence-corrected chi connectivity index (χ3v) is 3.87. The summed E-state index contributed by atoms with van der Waals surface area (Å²) >= 11 is 3.80. The lowest BCUT2D eigenvalue weighted by molar-refractivity contribution is 1.11. The number of alkyl halides is 1. The third kappa shape index (κ3) is 2.19. The Balaban J connectivity index is 2.46. The number of benzene rings is 2. The van der Waals surface area contributed by atoms with Gasteiger partial charge in [-0.1, -0.05) is 64.5 Å². The van der Waals surface area contributed by atoms with E-state index in [0.29, 0.717) is 0 Å². The second-order valence-electron chi connectivity index (χ2n) is 4.08. The van der Waals surface area contributed by atoms with E-state index < -0.39 is 0 Å². The first kappa shape index (κ1) is 11.4. The summed E-state index contributed by atoms with van der Waals surface area (Å²) in [5.41, 5.74) is 5.37. The van der Waals surface area contributed by atoms with Gasteiger partial charge in [-0.15, -0.1) is 0 Å². The summed E-state index contributed by atoms with van der Waals surface area (Å²) in [6, 6.07) is 17.0. The average Bonchev–Trinajstić information content (AvgIpc) is 2.30. The largest absolute Gasteiger partial charge is 0.0786 e. The van der Waals surface area contributed by atoms with Crippen molar-refractivity contribution < 1.29 is 0 Å².